The van der Waals surface area contributed by atoms with E-state index in [9.17, 15) is 18.0 Å². The second-order valence-electron chi connectivity index (χ2n) is 6.74. The van der Waals surface area contributed by atoms with Crippen LogP contribution < -0.4 is 5.32 Å². The van der Waals surface area contributed by atoms with E-state index in [1.807, 2.05) is 0 Å². The lowest BCUT2D eigenvalue weighted by molar-refractivity contribution is -0.0936. The average Bonchev–Trinajstić information content (AvgIpc) is 3.00. The summed E-state index contributed by atoms with van der Waals surface area (Å²) in [6.07, 6.45) is 1.34. The van der Waals surface area contributed by atoms with Crippen molar-refractivity contribution in [2.24, 2.45) is 5.92 Å². The summed E-state index contributed by atoms with van der Waals surface area (Å²) in [6, 6.07) is 7.01. The van der Waals surface area contributed by atoms with Gasteiger partial charge in [0.15, 0.2) is 6.10 Å². The number of benzene rings is 1. The first kappa shape index (κ1) is 17.4. The zero-order valence-electron chi connectivity index (χ0n) is 14.1. The topological polar surface area (TPSA) is 51.2 Å². The van der Waals surface area contributed by atoms with Crippen LogP contribution in [0.1, 0.15) is 41.7 Å². The molecule has 4 rings (SSSR count). The van der Waals surface area contributed by atoms with Gasteiger partial charge in [0.05, 0.1) is 0 Å². The molecular formula is C20H15F3N2O2. The number of pyridine rings is 1. The van der Waals surface area contributed by atoms with Gasteiger partial charge in [-0.2, -0.15) is 0 Å². The predicted octanol–water partition coefficient (Wildman–Crippen LogP) is 4.14. The van der Waals surface area contributed by atoms with Gasteiger partial charge in [-0.05, 0) is 29.3 Å². The summed E-state index contributed by atoms with van der Waals surface area (Å²) in [5, 5.41) is 2.69. The lowest BCUT2D eigenvalue weighted by Gasteiger charge is -2.31. The fourth-order valence-electron chi connectivity index (χ4n) is 3.27. The van der Waals surface area contributed by atoms with Crippen LogP contribution in [0.2, 0.25) is 0 Å². The summed E-state index contributed by atoms with van der Waals surface area (Å²) in [6.45, 7) is 0. The standard InChI is InChI=1S/C20H15F3N2O2/c21-16-3-1-2-14(7-16)18-17(25-19(26)27-18)15-6-12(10-24-11-15)4-5-13-8-20(22,23)9-13/h1-3,6-7,10-11,13,17-18H,8-9H2,(H,25,26). The van der Waals surface area contributed by atoms with Gasteiger partial charge in [0, 0.05) is 36.7 Å². The van der Waals surface area contributed by atoms with Gasteiger partial charge in [-0.1, -0.05) is 24.0 Å². The third-order valence-corrected chi connectivity index (χ3v) is 4.62. The zero-order chi connectivity index (χ0) is 19.0. The number of alkyl halides is 2. The third-order valence-electron chi connectivity index (χ3n) is 4.62. The molecule has 2 atom stereocenters. The summed E-state index contributed by atoms with van der Waals surface area (Å²) in [4.78, 5) is 15.9. The van der Waals surface area contributed by atoms with Crippen LogP contribution in [0.25, 0.3) is 0 Å². The van der Waals surface area contributed by atoms with Crippen LogP contribution in [-0.4, -0.2) is 17.0 Å². The summed E-state index contributed by atoms with van der Waals surface area (Å²) < 4.78 is 44.6. The number of rotatable bonds is 2. The maximum atomic E-state index is 13.5. The molecule has 138 valence electrons. The Morgan fingerprint density at radius 3 is 2.74 bits per heavy atom. The number of cyclic esters (lactones) is 1. The van der Waals surface area contributed by atoms with Crippen LogP contribution in [0.4, 0.5) is 18.0 Å². The van der Waals surface area contributed by atoms with E-state index < -0.39 is 30.0 Å². The summed E-state index contributed by atoms with van der Waals surface area (Å²) in [5.41, 5.74) is 1.72. The number of nitrogens with one attached hydrogen (secondary N) is 1. The number of hydrogen-bond acceptors (Lipinski definition) is 3. The molecule has 1 aliphatic heterocycles. The normalized spacial score (nSPS) is 23.6. The molecule has 1 aliphatic carbocycles. The molecule has 27 heavy (non-hydrogen) atoms. The first-order valence-electron chi connectivity index (χ1n) is 8.47. The molecule has 2 aliphatic rings. The number of aromatic nitrogens is 1. The van der Waals surface area contributed by atoms with E-state index in [1.54, 1.807) is 24.4 Å². The van der Waals surface area contributed by atoms with E-state index in [4.69, 9.17) is 4.74 Å². The van der Waals surface area contributed by atoms with Crippen LogP contribution in [0.3, 0.4) is 0 Å². The van der Waals surface area contributed by atoms with Gasteiger partial charge < -0.3 is 10.1 Å². The maximum absolute atomic E-state index is 13.5. The molecule has 0 spiro atoms. The van der Waals surface area contributed by atoms with E-state index in [-0.39, 0.29) is 18.8 Å². The molecule has 2 aromatic rings. The van der Waals surface area contributed by atoms with Crippen molar-refractivity contribution in [1.82, 2.24) is 10.3 Å². The molecule has 1 N–H and O–H groups in total. The number of hydrogen-bond donors (Lipinski definition) is 1. The van der Waals surface area contributed by atoms with Gasteiger partial charge >= 0.3 is 6.09 Å². The molecule has 4 nitrogen and oxygen atoms in total. The third kappa shape index (κ3) is 3.75. The largest absolute Gasteiger partial charge is 0.439 e. The Morgan fingerprint density at radius 1 is 1.19 bits per heavy atom. The Morgan fingerprint density at radius 2 is 2.00 bits per heavy atom. The quantitative estimate of drug-likeness (QED) is 0.806. The smallest absolute Gasteiger partial charge is 0.408 e. The van der Waals surface area contributed by atoms with Crippen molar-refractivity contribution in [3.63, 3.8) is 0 Å². The first-order chi connectivity index (χ1) is 12.9. The Kier molecular flexibility index (Phi) is 4.27. The molecule has 2 unspecified atom stereocenters. The lowest BCUT2D eigenvalue weighted by atomic mass is 9.82. The van der Waals surface area contributed by atoms with E-state index in [1.165, 1.54) is 18.3 Å². The predicted molar refractivity (Wildman–Crippen MR) is 90.3 cm³/mol. The molecule has 0 radical (unpaired) electrons. The average molecular weight is 372 g/mol. The van der Waals surface area contributed by atoms with Crippen molar-refractivity contribution >= 4 is 6.09 Å². The molecule has 1 saturated carbocycles. The Hall–Kier alpha value is -3.01. The number of alkyl carbamates (subject to hydrolysis) is 1. The SMILES string of the molecule is O=C1NC(c2cncc(C#CC3CC(F)(F)C3)c2)C(c2cccc(F)c2)O1. The summed E-state index contributed by atoms with van der Waals surface area (Å²) >= 11 is 0. The highest BCUT2D eigenvalue weighted by atomic mass is 19.3. The van der Waals surface area contributed by atoms with Crippen LogP contribution in [0.5, 0.6) is 0 Å². The van der Waals surface area contributed by atoms with Crippen LogP contribution in [-0.2, 0) is 4.74 Å². The minimum absolute atomic E-state index is 0.221. The fraction of sp³-hybridized carbons (Fsp3) is 0.300. The highest BCUT2D eigenvalue weighted by Gasteiger charge is 2.44. The molecule has 1 aromatic heterocycles. The number of carbonyl (C=O) groups is 1. The van der Waals surface area contributed by atoms with Gasteiger partial charge in [-0.15, -0.1) is 0 Å². The molecule has 0 bridgehead atoms. The van der Waals surface area contributed by atoms with Crippen molar-refractivity contribution in [3.8, 4) is 11.8 Å². The van der Waals surface area contributed by atoms with Crippen molar-refractivity contribution in [1.29, 1.82) is 0 Å². The zero-order valence-corrected chi connectivity index (χ0v) is 14.1. The van der Waals surface area contributed by atoms with E-state index >= 15 is 0 Å². The monoisotopic (exact) mass is 372 g/mol. The lowest BCUT2D eigenvalue weighted by Crippen LogP contribution is -2.34. The number of nitrogens with zero attached hydrogens (tertiary/aromatic N) is 1. The van der Waals surface area contributed by atoms with Crippen LogP contribution in [0, 0.1) is 23.6 Å². The molecule has 1 aromatic carbocycles. The van der Waals surface area contributed by atoms with Crippen molar-refractivity contribution < 1.29 is 22.7 Å². The molecule has 7 heteroatoms. The number of ether oxygens (including phenoxy) is 1. The van der Waals surface area contributed by atoms with E-state index in [2.05, 4.69) is 22.1 Å². The molecule has 2 fully saturated rings. The first-order valence-corrected chi connectivity index (χ1v) is 8.47. The van der Waals surface area contributed by atoms with Crippen molar-refractivity contribution in [3.05, 3.63) is 65.2 Å². The highest BCUT2D eigenvalue weighted by Crippen LogP contribution is 2.42. The second kappa shape index (κ2) is 6.62. The van der Waals surface area contributed by atoms with Gasteiger partial charge in [0.25, 0.3) is 5.92 Å². The molecule has 2 heterocycles. The number of carbonyl (C=O) groups excluding carboxylic acids is 1. The van der Waals surface area contributed by atoms with Gasteiger partial charge in [-0.3, -0.25) is 4.98 Å². The van der Waals surface area contributed by atoms with Crippen molar-refractivity contribution in [2.75, 3.05) is 0 Å². The Labute approximate surface area is 153 Å². The second-order valence-corrected chi connectivity index (χ2v) is 6.74. The van der Waals surface area contributed by atoms with Crippen LogP contribution in [0.15, 0.2) is 42.7 Å². The Bertz CT molecular complexity index is 943. The Balaban J connectivity index is 1.57. The van der Waals surface area contributed by atoms with Gasteiger partial charge in [0.1, 0.15) is 11.9 Å². The van der Waals surface area contributed by atoms with E-state index in [0.717, 1.165) is 0 Å². The molecule has 1 amide bonds. The van der Waals surface area contributed by atoms with Crippen LogP contribution >= 0.6 is 0 Å². The number of halogens is 3. The summed E-state index contributed by atoms with van der Waals surface area (Å²) in [5.74, 6) is 2.34. The maximum Gasteiger partial charge on any atom is 0.408 e. The summed E-state index contributed by atoms with van der Waals surface area (Å²) in [7, 11) is 0. The minimum Gasteiger partial charge on any atom is -0.439 e. The highest BCUT2D eigenvalue weighted by molar-refractivity contribution is 5.71. The minimum atomic E-state index is -2.61. The molecular weight excluding hydrogens is 357 g/mol. The molecule has 1 saturated heterocycles. The van der Waals surface area contributed by atoms with Crippen molar-refractivity contribution in [2.45, 2.75) is 30.9 Å². The fourth-order valence-corrected chi connectivity index (χ4v) is 3.27. The number of amides is 1. The van der Waals surface area contributed by atoms with E-state index in [0.29, 0.717) is 16.7 Å². The van der Waals surface area contributed by atoms with Gasteiger partial charge in [-0.25, -0.2) is 18.0 Å². The van der Waals surface area contributed by atoms with Gasteiger partial charge in [0.2, 0.25) is 0 Å².